The van der Waals surface area contributed by atoms with Crippen molar-refractivity contribution in [1.82, 2.24) is 8.96 Å². The van der Waals surface area contributed by atoms with Gasteiger partial charge in [0.1, 0.15) is 11.8 Å². The van der Waals surface area contributed by atoms with Gasteiger partial charge in [-0.25, -0.2) is 13.3 Å². The Morgan fingerprint density at radius 2 is 1.72 bits per heavy atom. The van der Waals surface area contributed by atoms with Crippen LogP contribution in [-0.2, 0) is 4.74 Å². The molecule has 2 fully saturated rings. The Bertz CT molecular complexity index is 1480. The Kier molecular flexibility index (Phi) is 7.88. The first-order chi connectivity index (χ1) is 18.9. The summed E-state index contributed by atoms with van der Waals surface area (Å²) in [5.41, 5.74) is 8.83. The van der Waals surface area contributed by atoms with Gasteiger partial charge in [-0.15, -0.1) is 3.89 Å². The van der Waals surface area contributed by atoms with Crippen molar-refractivity contribution in [3.63, 3.8) is 0 Å². The molecule has 1 amide bonds. The van der Waals surface area contributed by atoms with Gasteiger partial charge in [0.25, 0.3) is 0 Å². The summed E-state index contributed by atoms with van der Waals surface area (Å²) < 4.78 is 42.1. The topological polar surface area (TPSA) is 99.6 Å². The summed E-state index contributed by atoms with van der Waals surface area (Å²) in [7, 11) is 0. The molecule has 1 saturated carbocycles. The monoisotopic (exact) mass is 553 g/mol. The number of carbonyl (C=O) groups is 1. The molecule has 204 valence electrons. The lowest BCUT2D eigenvalue weighted by Crippen LogP contribution is -2.30. The van der Waals surface area contributed by atoms with E-state index in [2.05, 4.69) is 4.98 Å². The zero-order valence-electron chi connectivity index (χ0n) is 21.5. The third-order valence-electron chi connectivity index (χ3n) is 7.19. The molecule has 2 aliphatic rings. The molecule has 1 unspecified atom stereocenters. The maximum absolute atomic E-state index is 15.2. The summed E-state index contributed by atoms with van der Waals surface area (Å²) in [6.07, 6.45) is 0.347. The molecular formula is C29H29F2N3O4S. The van der Waals surface area contributed by atoms with Crippen molar-refractivity contribution in [1.29, 1.82) is 0 Å². The minimum atomic E-state index is -0.589. The number of aliphatic hydroxyl groups is 1. The number of fused-ring (bicyclic) bond motifs is 2. The number of hydrogen-bond acceptors (Lipinski definition) is 6. The van der Waals surface area contributed by atoms with E-state index in [-0.39, 0.29) is 54.2 Å². The average molecular weight is 554 g/mol. The standard InChI is InChI=1S/C27H23F2N3O4S.C2H6/c28-19-11-21-20(12-24(32(21)37-29)36-23-10-9-18-22(33)13-35-26(18)23)31-25(19)16-5-1-14(2-6-16)15-3-7-17(8-4-15)27(30)34;1-2/h1-8,11-12,18,22-23,26,33H,9-10,13H2,(H2,30,34);1-2H3/t18?,22-,23-,26+;/m1./s1. The fourth-order valence-corrected chi connectivity index (χ4v) is 5.66. The largest absolute Gasteiger partial charge is 0.472 e. The van der Waals surface area contributed by atoms with Crippen LogP contribution in [0.5, 0.6) is 5.88 Å². The smallest absolute Gasteiger partial charge is 0.248 e. The maximum Gasteiger partial charge on any atom is 0.248 e. The number of halogens is 2. The highest BCUT2D eigenvalue weighted by Gasteiger charge is 2.47. The van der Waals surface area contributed by atoms with Gasteiger partial charge >= 0.3 is 0 Å². The molecule has 3 heterocycles. The maximum atomic E-state index is 15.2. The van der Waals surface area contributed by atoms with Crippen LogP contribution in [0, 0.1) is 11.7 Å². The number of aliphatic hydroxyl groups excluding tert-OH is 1. The minimum Gasteiger partial charge on any atom is -0.472 e. The van der Waals surface area contributed by atoms with Crippen LogP contribution in [0.15, 0.2) is 60.7 Å². The fourth-order valence-electron chi connectivity index (χ4n) is 5.28. The van der Waals surface area contributed by atoms with Crippen molar-refractivity contribution in [2.24, 2.45) is 11.7 Å². The Morgan fingerprint density at radius 1 is 1.08 bits per heavy atom. The van der Waals surface area contributed by atoms with E-state index in [1.807, 2.05) is 26.0 Å². The lowest BCUT2D eigenvalue weighted by atomic mass is 10.0. The quantitative estimate of drug-likeness (QED) is 0.307. The summed E-state index contributed by atoms with van der Waals surface area (Å²) in [6.45, 7) is 4.27. The Hall–Kier alpha value is -3.47. The third-order valence-corrected chi connectivity index (χ3v) is 7.71. The fraction of sp³-hybridized carbons (Fsp3) is 0.310. The number of primary amides is 1. The van der Waals surface area contributed by atoms with Crippen LogP contribution < -0.4 is 10.5 Å². The van der Waals surface area contributed by atoms with Gasteiger partial charge in [0.2, 0.25) is 11.8 Å². The zero-order valence-corrected chi connectivity index (χ0v) is 22.3. The molecule has 3 N–H and O–H groups in total. The molecule has 1 saturated heterocycles. The molecule has 1 aliphatic carbocycles. The van der Waals surface area contributed by atoms with Gasteiger partial charge in [0.05, 0.1) is 29.8 Å². The van der Waals surface area contributed by atoms with Crippen LogP contribution in [0.3, 0.4) is 0 Å². The molecule has 10 heteroatoms. The van der Waals surface area contributed by atoms with E-state index in [4.69, 9.17) is 15.2 Å². The molecule has 39 heavy (non-hydrogen) atoms. The van der Waals surface area contributed by atoms with E-state index in [1.165, 1.54) is 10.0 Å². The van der Waals surface area contributed by atoms with Crippen LogP contribution in [-0.4, -0.2) is 44.9 Å². The summed E-state index contributed by atoms with van der Waals surface area (Å²) in [4.78, 5) is 15.8. The van der Waals surface area contributed by atoms with Crippen molar-refractivity contribution in [2.75, 3.05) is 6.61 Å². The lowest BCUT2D eigenvalue weighted by Gasteiger charge is -2.19. The normalized spacial score (nSPS) is 21.9. The van der Waals surface area contributed by atoms with Crippen LogP contribution in [0.4, 0.5) is 8.28 Å². The Labute approximate surface area is 229 Å². The van der Waals surface area contributed by atoms with Gasteiger partial charge in [0, 0.05) is 29.2 Å². The van der Waals surface area contributed by atoms with Gasteiger partial charge < -0.3 is 20.3 Å². The number of nitrogens with two attached hydrogens (primary N) is 1. The van der Waals surface area contributed by atoms with Crippen molar-refractivity contribution >= 4 is 29.3 Å². The molecule has 2 aromatic heterocycles. The SMILES string of the molecule is CC.NC(=O)c1ccc(-c2ccc(-c3nc4cc(O[C@@H]5CCC6[C@H](O)CO[C@@H]65)n(SF)c4cc3F)cc2)cc1. The number of amides is 1. The van der Waals surface area contributed by atoms with E-state index in [0.29, 0.717) is 23.1 Å². The van der Waals surface area contributed by atoms with Gasteiger partial charge in [-0.3, -0.25) is 4.79 Å². The predicted molar refractivity (Wildman–Crippen MR) is 147 cm³/mol. The number of rotatable bonds is 6. The Morgan fingerprint density at radius 3 is 2.36 bits per heavy atom. The molecular weight excluding hydrogens is 524 g/mol. The first kappa shape index (κ1) is 27.1. The van der Waals surface area contributed by atoms with Gasteiger partial charge in [-0.1, -0.05) is 50.2 Å². The number of hydrogen-bond donors (Lipinski definition) is 2. The van der Waals surface area contributed by atoms with Crippen molar-refractivity contribution < 1.29 is 27.7 Å². The van der Waals surface area contributed by atoms with Crippen LogP contribution in [0.25, 0.3) is 33.4 Å². The second-order valence-electron chi connectivity index (χ2n) is 9.35. The summed E-state index contributed by atoms with van der Waals surface area (Å²) in [6, 6.07) is 16.9. The number of pyridine rings is 1. The van der Waals surface area contributed by atoms with E-state index >= 15 is 4.39 Å². The molecule has 7 nitrogen and oxygen atoms in total. The predicted octanol–water partition coefficient (Wildman–Crippen LogP) is 5.93. The van der Waals surface area contributed by atoms with E-state index in [0.717, 1.165) is 17.5 Å². The third kappa shape index (κ3) is 5.11. The van der Waals surface area contributed by atoms with Crippen molar-refractivity contribution in [2.45, 2.75) is 45.0 Å². The Balaban J connectivity index is 0.00000151. The summed E-state index contributed by atoms with van der Waals surface area (Å²) >= 11 is -0.0807. The molecule has 4 aromatic rings. The second kappa shape index (κ2) is 11.3. The highest BCUT2D eigenvalue weighted by molar-refractivity contribution is 7.93. The zero-order chi connectivity index (χ0) is 27.7. The molecule has 2 aromatic carbocycles. The molecule has 0 spiro atoms. The van der Waals surface area contributed by atoms with Crippen LogP contribution >= 0.6 is 12.3 Å². The lowest BCUT2D eigenvalue weighted by molar-refractivity contribution is 0.0150. The van der Waals surface area contributed by atoms with Gasteiger partial charge in [0.15, 0.2) is 18.2 Å². The molecule has 4 atom stereocenters. The molecule has 0 bridgehead atoms. The van der Waals surface area contributed by atoms with E-state index in [9.17, 15) is 13.8 Å². The van der Waals surface area contributed by atoms with Crippen molar-refractivity contribution in [3.8, 4) is 28.3 Å². The minimum absolute atomic E-state index is 0.00657. The molecule has 0 radical (unpaired) electrons. The first-order valence-corrected chi connectivity index (χ1v) is 13.6. The number of carbonyl (C=O) groups excluding carboxylic acids is 1. The number of nitrogens with zero attached hydrogens (tertiary/aromatic N) is 2. The van der Waals surface area contributed by atoms with Gasteiger partial charge in [-0.2, -0.15) is 0 Å². The molecule has 6 rings (SSSR count). The number of benzene rings is 2. The highest BCUT2D eigenvalue weighted by Crippen LogP contribution is 2.40. The second-order valence-corrected chi connectivity index (χ2v) is 9.85. The number of aromatic nitrogens is 2. The van der Waals surface area contributed by atoms with E-state index < -0.39 is 17.8 Å². The van der Waals surface area contributed by atoms with Gasteiger partial charge in [-0.05, 0) is 36.1 Å². The van der Waals surface area contributed by atoms with E-state index in [1.54, 1.807) is 42.5 Å². The highest BCUT2D eigenvalue weighted by atomic mass is 32.2. The summed E-state index contributed by atoms with van der Waals surface area (Å²) in [5.74, 6) is -0.858. The number of ether oxygens (including phenoxy) is 2. The first-order valence-electron chi connectivity index (χ1n) is 12.9. The average Bonchev–Trinajstić information content (AvgIpc) is 3.64. The van der Waals surface area contributed by atoms with Crippen molar-refractivity contribution in [3.05, 3.63) is 72.0 Å². The molecule has 1 aliphatic heterocycles. The summed E-state index contributed by atoms with van der Waals surface area (Å²) in [5, 5.41) is 10.1. The van der Waals surface area contributed by atoms with Crippen LogP contribution in [0.2, 0.25) is 0 Å². The van der Waals surface area contributed by atoms with Crippen LogP contribution in [0.1, 0.15) is 37.0 Å².